The summed E-state index contributed by atoms with van der Waals surface area (Å²) in [7, 11) is 1.69. The highest BCUT2D eigenvalue weighted by Crippen LogP contribution is 2.31. The van der Waals surface area contributed by atoms with E-state index in [0.717, 1.165) is 37.8 Å². The zero-order valence-electron chi connectivity index (χ0n) is 15.8. The van der Waals surface area contributed by atoms with Crippen LogP contribution in [0.2, 0.25) is 0 Å². The second-order valence-electron chi connectivity index (χ2n) is 6.76. The third-order valence-corrected chi connectivity index (χ3v) is 5.72. The monoisotopic (exact) mass is 394 g/mol. The van der Waals surface area contributed by atoms with Gasteiger partial charge in [0.25, 0.3) is 5.91 Å². The van der Waals surface area contributed by atoms with Gasteiger partial charge in [-0.05, 0) is 30.9 Å². The summed E-state index contributed by atoms with van der Waals surface area (Å²) in [5, 5.41) is 10.9. The van der Waals surface area contributed by atoms with Crippen LogP contribution < -0.4 is 0 Å². The lowest BCUT2D eigenvalue weighted by Gasteiger charge is -2.23. The van der Waals surface area contributed by atoms with Gasteiger partial charge in [0.15, 0.2) is 6.29 Å². The molecule has 0 atom stereocenters. The average Bonchev–Trinajstić information content (AvgIpc) is 3.15. The van der Waals surface area contributed by atoms with Gasteiger partial charge in [-0.2, -0.15) is 5.26 Å². The van der Waals surface area contributed by atoms with Gasteiger partial charge in [0.1, 0.15) is 4.88 Å². The lowest BCUT2D eigenvalue weighted by Crippen LogP contribution is -2.28. The van der Waals surface area contributed by atoms with Crippen molar-refractivity contribution in [1.29, 1.82) is 5.26 Å². The molecule has 1 amide bonds. The van der Waals surface area contributed by atoms with Crippen molar-refractivity contribution in [3.05, 3.63) is 51.2 Å². The van der Waals surface area contributed by atoms with Crippen LogP contribution in [0.15, 0.2) is 34.6 Å². The fraction of sp³-hybridized carbons (Fsp3) is 0.333. The first-order valence-electron chi connectivity index (χ1n) is 9.22. The van der Waals surface area contributed by atoms with Crippen molar-refractivity contribution in [3.8, 4) is 6.07 Å². The van der Waals surface area contributed by atoms with Crippen LogP contribution in [-0.2, 0) is 6.54 Å². The predicted molar refractivity (Wildman–Crippen MR) is 110 cm³/mol. The molecule has 0 N–H and O–H groups in total. The molecule has 0 spiro atoms. The molecule has 0 saturated carbocycles. The molecule has 1 fully saturated rings. The van der Waals surface area contributed by atoms with Gasteiger partial charge in [-0.25, -0.2) is 4.99 Å². The van der Waals surface area contributed by atoms with Crippen LogP contribution in [0.3, 0.4) is 0 Å². The number of amides is 1. The van der Waals surface area contributed by atoms with Crippen LogP contribution >= 0.6 is 11.3 Å². The van der Waals surface area contributed by atoms with Crippen molar-refractivity contribution in [2.45, 2.75) is 25.8 Å². The lowest BCUT2D eigenvalue weighted by molar-refractivity contribution is 0.0790. The van der Waals surface area contributed by atoms with E-state index in [0.29, 0.717) is 28.2 Å². The molecule has 7 heteroatoms. The first kappa shape index (κ1) is 19.8. The number of nitriles is 1. The number of hydrogen-bond donors (Lipinski definition) is 0. The first-order chi connectivity index (χ1) is 13.6. The number of rotatable bonds is 6. The zero-order chi connectivity index (χ0) is 19.9. The largest absolute Gasteiger partial charge is 0.363 e. The number of carbonyl (C=O) groups excluding carboxylic acids is 2. The Bertz CT molecular complexity index is 923. The molecule has 2 heterocycles. The van der Waals surface area contributed by atoms with Crippen LogP contribution in [0.25, 0.3) is 0 Å². The van der Waals surface area contributed by atoms with E-state index in [1.807, 2.05) is 12.1 Å². The molecule has 28 heavy (non-hydrogen) atoms. The number of nitrogens with zero attached hydrogens (tertiary/aromatic N) is 4. The molecule has 0 bridgehead atoms. The maximum atomic E-state index is 13.0. The summed E-state index contributed by atoms with van der Waals surface area (Å²) in [4.78, 5) is 33.0. The Morgan fingerprint density at radius 2 is 2.07 bits per heavy atom. The summed E-state index contributed by atoms with van der Waals surface area (Å²) >= 11 is 1.22. The standard InChI is InChI=1S/C21H22N4O2S/c1-24(12-17-8-4-3-7-16(17)11-22)21(27)20-19(18(13-26)14-28-20)23-15-25-9-5-2-6-10-25/h3-4,7-8,13-15H,2,5-6,9-10,12H2,1H3. The summed E-state index contributed by atoms with van der Waals surface area (Å²) in [6.07, 6.45) is 5.96. The van der Waals surface area contributed by atoms with E-state index in [1.165, 1.54) is 17.8 Å². The van der Waals surface area contributed by atoms with E-state index in [-0.39, 0.29) is 5.91 Å². The summed E-state index contributed by atoms with van der Waals surface area (Å²) in [6.45, 7) is 2.20. The maximum Gasteiger partial charge on any atom is 0.266 e. The molecule has 0 unspecified atom stereocenters. The molecular weight excluding hydrogens is 372 g/mol. The van der Waals surface area contributed by atoms with Gasteiger partial charge in [0.05, 0.1) is 29.2 Å². The molecule has 1 aliphatic rings. The Morgan fingerprint density at radius 1 is 1.32 bits per heavy atom. The fourth-order valence-electron chi connectivity index (χ4n) is 3.17. The molecule has 3 rings (SSSR count). The van der Waals surface area contributed by atoms with Gasteiger partial charge in [-0.1, -0.05) is 18.2 Å². The summed E-state index contributed by atoms with van der Waals surface area (Å²) in [6, 6.07) is 9.36. The normalized spacial score (nSPS) is 14.1. The zero-order valence-corrected chi connectivity index (χ0v) is 16.6. The summed E-state index contributed by atoms with van der Waals surface area (Å²) in [5.41, 5.74) is 2.18. The molecule has 1 saturated heterocycles. The number of aliphatic imine (C=N–C) groups is 1. The predicted octanol–water partition coefficient (Wildman–Crippen LogP) is 3.85. The van der Waals surface area contributed by atoms with E-state index in [4.69, 9.17) is 0 Å². The number of aldehydes is 1. The van der Waals surface area contributed by atoms with Gasteiger partial charge in [0.2, 0.25) is 0 Å². The third-order valence-electron chi connectivity index (χ3n) is 4.75. The molecule has 1 aromatic carbocycles. The van der Waals surface area contributed by atoms with Crippen LogP contribution in [0.1, 0.15) is 50.4 Å². The molecule has 2 aromatic rings. The van der Waals surface area contributed by atoms with E-state index < -0.39 is 0 Å². The van der Waals surface area contributed by atoms with Crippen LogP contribution in [0.4, 0.5) is 5.69 Å². The topological polar surface area (TPSA) is 76.8 Å². The second-order valence-corrected chi connectivity index (χ2v) is 7.64. The Balaban J connectivity index is 1.81. The first-order valence-corrected chi connectivity index (χ1v) is 10.1. The van der Waals surface area contributed by atoms with E-state index in [1.54, 1.807) is 35.8 Å². The number of thiophene rings is 1. The van der Waals surface area contributed by atoms with Gasteiger partial charge in [-0.15, -0.1) is 11.3 Å². The Kier molecular flexibility index (Phi) is 6.56. The minimum absolute atomic E-state index is 0.211. The molecule has 0 aliphatic carbocycles. The van der Waals surface area contributed by atoms with E-state index >= 15 is 0 Å². The minimum Gasteiger partial charge on any atom is -0.363 e. The van der Waals surface area contributed by atoms with Crippen molar-refractivity contribution in [3.63, 3.8) is 0 Å². The minimum atomic E-state index is -0.211. The number of likely N-dealkylation sites (tertiary alicyclic amines) is 1. The molecule has 0 radical (unpaired) electrons. The van der Waals surface area contributed by atoms with Crippen LogP contribution in [-0.4, -0.2) is 48.5 Å². The van der Waals surface area contributed by atoms with Gasteiger partial charge >= 0.3 is 0 Å². The van der Waals surface area contributed by atoms with Crippen molar-refractivity contribution < 1.29 is 9.59 Å². The number of hydrogen-bond acceptors (Lipinski definition) is 5. The molecule has 1 aromatic heterocycles. The van der Waals surface area contributed by atoms with Crippen molar-refractivity contribution in [2.24, 2.45) is 4.99 Å². The Hall–Kier alpha value is -2.98. The smallest absolute Gasteiger partial charge is 0.266 e. The average molecular weight is 395 g/mol. The summed E-state index contributed by atoms with van der Waals surface area (Å²) in [5.74, 6) is -0.211. The van der Waals surface area contributed by atoms with E-state index in [9.17, 15) is 14.9 Å². The lowest BCUT2D eigenvalue weighted by atomic mass is 10.1. The molecule has 6 nitrogen and oxygen atoms in total. The second kappa shape index (κ2) is 9.29. The van der Waals surface area contributed by atoms with Crippen molar-refractivity contribution in [1.82, 2.24) is 9.80 Å². The quantitative estimate of drug-likeness (QED) is 0.424. The third kappa shape index (κ3) is 4.46. The van der Waals surface area contributed by atoms with Crippen molar-refractivity contribution >= 4 is 35.6 Å². The number of piperidine rings is 1. The molecule has 1 aliphatic heterocycles. The van der Waals surface area contributed by atoms with Crippen LogP contribution in [0, 0.1) is 11.3 Å². The SMILES string of the molecule is CN(Cc1ccccc1C#N)C(=O)c1scc(C=O)c1N=CN1CCCCC1. The highest BCUT2D eigenvalue weighted by Gasteiger charge is 2.21. The van der Waals surface area contributed by atoms with Crippen molar-refractivity contribution in [2.75, 3.05) is 20.1 Å². The molecule has 144 valence electrons. The number of carbonyl (C=O) groups is 2. The Morgan fingerprint density at radius 3 is 2.79 bits per heavy atom. The maximum absolute atomic E-state index is 13.0. The highest BCUT2D eigenvalue weighted by molar-refractivity contribution is 7.13. The van der Waals surface area contributed by atoms with Crippen LogP contribution in [0.5, 0.6) is 0 Å². The number of benzene rings is 1. The highest BCUT2D eigenvalue weighted by atomic mass is 32.1. The van der Waals surface area contributed by atoms with Gasteiger partial charge in [0, 0.05) is 32.1 Å². The Labute approximate surface area is 168 Å². The fourth-order valence-corrected chi connectivity index (χ4v) is 4.13. The van der Waals surface area contributed by atoms with Gasteiger partial charge < -0.3 is 9.80 Å². The van der Waals surface area contributed by atoms with Gasteiger partial charge in [-0.3, -0.25) is 9.59 Å². The van der Waals surface area contributed by atoms with E-state index in [2.05, 4.69) is 16.0 Å². The molecular formula is C21H22N4O2S. The summed E-state index contributed by atoms with van der Waals surface area (Å²) < 4.78 is 0.